The Morgan fingerprint density at radius 2 is 0.938 bits per heavy atom. The van der Waals surface area contributed by atoms with E-state index in [4.69, 9.17) is 0 Å². The van der Waals surface area contributed by atoms with Crippen molar-refractivity contribution in [3.8, 4) is 11.1 Å². The smallest absolute Gasteiger partial charge is 0.133 e. The van der Waals surface area contributed by atoms with Crippen LogP contribution < -0.4 is 0 Å². The van der Waals surface area contributed by atoms with Crippen LogP contribution in [0.15, 0.2) is 60.7 Å². The van der Waals surface area contributed by atoms with Crippen LogP contribution in [0.5, 0.6) is 0 Å². The fourth-order valence-electron chi connectivity index (χ4n) is 1.31. The lowest BCUT2D eigenvalue weighted by Crippen LogP contribution is -1.73. The lowest BCUT2D eigenvalue weighted by atomic mass is 10.1. The molecule has 2 aromatic carbocycles. The van der Waals surface area contributed by atoms with E-state index in [0.29, 0.717) is 5.78 Å². The van der Waals surface area contributed by atoms with Crippen LogP contribution in [0.2, 0.25) is 0 Å². The SMILES string of the molecule is O=C1CC1.c1ccc(-c2ccccc2)cc1. The Hall–Kier alpha value is -1.89. The van der Waals surface area contributed by atoms with Gasteiger partial charge in [0.15, 0.2) is 0 Å². The van der Waals surface area contributed by atoms with Crippen molar-refractivity contribution in [1.82, 2.24) is 0 Å². The van der Waals surface area contributed by atoms with Crippen molar-refractivity contribution in [2.24, 2.45) is 0 Å². The Bertz CT molecular complexity index is 402. The van der Waals surface area contributed by atoms with Crippen LogP contribution >= 0.6 is 0 Å². The van der Waals surface area contributed by atoms with Gasteiger partial charge in [-0.15, -0.1) is 0 Å². The van der Waals surface area contributed by atoms with Crippen LogP contribution in [0.4, 0.5) is 0 Å². The first-order chi connectivity index (χ1) is 7.86. The van der Waals surface area contributed by atoms with Crippen LogP contribution in [0.1, 0.15) is 12.8 Å². The van der Waals surface area contributed by atoms with Gasteiger partial charge < -0.3 is 0 Å². The summed E-state index contributed by atoms with van der Waals surface area (Å²) >= 11 is 0. The molecule has 0 aliphatic heterocycles. The number of rotatable bonds is 1. The first kappa shape index (κ1) is 10.6. The Labute approximate surface area is 95.7 Å². The maximum atomic E-state index is 9.56. The molecule has 16 heavy (non-hydrogen) atoms. The molecule has 0 radical (unpaired) electrons. The Morgan fingerprint density at radius 1 is 0.625 bits per heavy atom. The van der Waals surface area contributed by atoms with Gasteiger partial charge in [-0.05, 0) is 11.1 Å². The average Bonchev–Trinajstić information content (AvgIpc) is 3.15. The van der Waals surface area contributed by atoms with Crippen LogP contribution in [0.3, 0.4) is 0 Å². The summed E-state index contributed by atoms with van der Waals surface area (Å²) < 4.78 is 0. The highest BCUT2D eigenvalue weighted by atomic mass is 16.1. The summed E-state index contributed by atoms with van der Waals surface area (Å²) in [6.45, 7) is 0. The molecule has 0 aromatic heterocycles. The Morgan fingerprint density at radius 3 is 1.19 bits per heavy atom. The second kappa shape index (κ2) is 5.26. The van der Waals surface area contributed by atoms with E-state index >= 15 is 0 Å². The summed E-state index contributed by atoms with van der Waals surface area (Å²) in [6.07, 6.45) is 1.69. The summed E-state index contributed by atoms with van der Waals surface area (Å²) in [6, 6.07) is 20.8. The van der Waals surface area contributed by atoms with Crippen LogP contribution in [-0.2, 0) is 4.79 Å². The van der Waals surface area contributed by atoms with Crippen molar-refractivity contribution < 1.29 is 4.79 Å². The van der Waals surface area contributed by atoms with Gasteiger partial charge in [0, 0.05) is 12.8 Å². The minimum Gasteiger partial charge on any atom is -0.300 e. The lowest BCUT2D eigenvalue weighted by Gasteiger charge is -1.98. The molecule has 1 saturated carbocycles. The Kier molecular flexibility index (Phi) is 3.50. The predicted molar refractivity (Wildman–Crippen MR) is 66.1 cm³/mol. The van der Waals surface area contributed by atoms with E-state index < -0.39 is 0 Å². The zero-order valence-electron chi connectivity index (χ0n) is 9.10. The highest BCUT2D eigenvalue weighted by Gasteiger charge is 2.13. The second-order valence-corrected chi connectivity index (χ2v) is 3.77. The van der Waals surface area contributed by atoms with E-state index in [1.54, 1.807) is 0 Å². The molecular formula is C15H14O. The molecule has 1 aliphatic carbocycles. The molecule has 0 bridgehead atoms. The zero-order valence-corrected chi connectivity index (χ0v) is 9.10. The maximum absolute atomic E-state index is 9.56. The van der Waals surface area contributed by atoms with Gasteiger partial charge in [0.05, 0.1) is 0 Å². The van der Waals surface area contributed by atoms with E-state index in [1.165, 1.54) is 11.1 Å². The van der Waals surface area contributed by atoms with Gasteiger partial charge in [-0.1, -0.05) is 60.7 Å². The molecule has 0 atom stereocenters. The van der Waals surface area contributed by atoms with Crippen LogP contribution in [0, 0.1) is 0 Å². The number of ketones is 1. The molecule has 3 rings (SSSR count). The number of carbonyl (C=O) groups excluding carboxylic acids is 1. The van der Waals surface area contributed by atoms with Crippen LogP contribution in [-0.4, -0.2) is 5.78 Å². The number of Topliss-reactive ketones (excluding diaryl/α,β-unsaturated/α-hetero) is 1. The fraction of sp³-hybridized carbons (Fsp3) is 0.133. The minimum absolute atomic E-state index is 0.417. The molecule has 0 amide bonds. The summed E-state index contributed by atoms with van der Waals surface area (Å²) in [4.78, 5) is 9.56. The first-order valence-corrected chi connectivity index (χ1v) is 5.48. The summed E-state index contributed by atoms with van der Waals surface area (Å²) in [5.74, 6) is 0.417. The van der Waals surface area contributed by atoms with Gasteiger partial charge in [0.1, 0.15) is 5.78 Å². The quantitative estimate of drug-likeness (QED) is 0.701. The summed E-state index contributed by atoms with van der Waals surface area (Å²) in [5.41, 5.74) is 2.55. The molecule has 1 aliphatic rings. The topological polar surface area (TPSA) is 17.1 Å². The van der Waals surface area contributed by atoms with Crippen molar-refractivity contribution in [3.63, 3.8) is 0 Å². The highest BCUT2D eigenvalue weighted by molar-refractivity contribution is 5.92. The van der Waals surface area contributed by atoms with Gasteiger partial charge in [0.2, 0.25) is 0 Å². The van der Waals surface area contributed by atoms with Crippen molar-refractivity contribution in [2.45, 2.75) is 12.8 Å². The van der Waals surface area contributed by atoms with E-state index in [2.05, 4.69) is 48.5 Å². The maximum Gasteiger partial charge on any atom is 0.133 e. The van der Waals surface area contributed by atoms with Crippen LogP contribution in [0.25, 0.3) is 11.1 Å². The van der Waals surface area contributed by atoms with Crippen molar-refractivity contribution in [1.29, 1.82) is 0 Å². The summed E-state index contributed by atoms with van der Waals surface area (Å²) in [7, 11) is 0. The third-order valence-corrected chi connectivity index (χ3v) is 2.34. The molecule has 0 spiro atoms. The number of hydrogen-bond acceptors (Lipinski definition) is 1. The minimum atomic E-state index is 0.417. The predicted octanol–water partition coefficient (Wildman–Crippen LogP) is 3.70. The first-order valence-electron chi connectivity index (χ1n) is 5.48. The second-order valence-electron chi connectivity index (χ2n) is 3.77. The molecular weight excluding hydrogens is 196 g/mol. The number of carbonyl (C=O) groups is 1. The van der Waals surface area contributed by atoms with Gasteiger partial charge in [-0.2, -0.15) is 0 Å². The molecule has 80 valence electrons. The number of benzene rings is 2. The monoisotopic (exact) mass is 210 g/mol. The molecule has 1 heteroatoms. The number of hydrogen-bond donors (Lipinski definition) is 0. The Balaban J connectivity index is 0.000000203. The van der Waals surface area contributed by atoms with Crippen molar-refractivity contribution in [3.05, 3.63) is 60.7 Å². The standard InChI is InChI=1S/C12H10.C3H4O/c1-3-7-11(8-4-1)12-9-5-2-6-10-12;4-3-1-2-3/h1-10H;1-2H2. The van der Waals surface area contributed by atoms with Gasteiger partial charge in [-0.3, -0.25) is 4.79 Å². The molecule has 2 aromatic rings. The van der Waals surface area contributed by atoms with Gasteiger partial charge >= 0.3 is 0 Å². The van der Waals surface area contributed by atoms with Gasteiger partial charge in [0.25, 0.3) is 0 Å². The molecule has 0 heterocycles. The fourth-order valence-corrected chi connectivity index (χ4v) is 1.31. The van der Waals surface area contributed by atoms with E-state index in [9.17, 15) is 4.79 Å². The summed E-state index contributed by atoms with van der Waals surface area (Å²) in [5, 5.41) is 0. The largest absolute Gasteiger partial charge is 0.300 e. The zero-order chi connectivity index (χ0) is 11.2. The van der Waals surface area contributed by atoms with Crippen molar-refractivity contribution >= 4 is 5.78 Å². The molecule has 1 nitrogen and oxygen atoms in total. The van der Waals surface area contributed by atoms with Crippen molar-refractivity contribution in [2.75, 3.05) is 0 Å². The van der Waals surface area contributed by atoms with E-state index in [-0.39, 0.29) is 0 Å². The van der Waals surface area contributed by atoms with E-state index in [0.717, 1.165) is 12.8 Å². The third kappa shape index (κ3) is 3.35. The van der Waals surface area contributed by atoms with E-state index in [1.807, 2.05) is 12.1 Å². The van der Waals surface area contributed by atoms with Gasteiger partial charge in [-0.25, -0.2) is 0 Å². The molecule has 1 fully saturated rings. The third-order valence-electron chi connectivity index (χ3n) is 2.34. The molecule has 0 saturated heterocycles. The molecule has 0 N–H and O–H groups in total. The lowest BCUT2D eigenvalue weighted by molar-refractivity contribution is -0.109. The normalized spacial score (nSPS) is 12.6. The highest BCUT2D eigenvalue weighted by Crippen LogP contribution is 2.17. The average molecular weight is 210 g/mol. The molecule has 0 unspecified atom stereocenters.